The van der Waals surface area contributed by atoms with Gasteiger partial charge in [0.05, 0.1) is 6.10 Å². The van der Waals surface area contributed by atoms with Crippen molar-refractivity contribution >= 4 is 33.6 Å². The molecule has 1 aromatic heterocycles. The number of hydrogen-bond acceptors (Lipinski definition) is 3. The molecule has 6 heteroatoms. The fraction of sp³-hybridized carbons (Fsp3) is 0.263. The predicted molar refractivity (Wildman–Crippen MR) is 101 cm³/mol. The van der Waals surface area contributed by atoms with E-state index in [0.717, 1.165) is 29.5 Å². The van der Waals surface area contributed by atoms with Crippen molar-refractivity contribution < 1.29 is 9.53 Å². The molecule has 0 spiro atoms. The Morgan fingerprint density at radius 3 is 2.92 bits per heavy atom. The zero-order valence-electron chi connectivity index (χ0n) is 13.7. The van der Waals surface area contributed by atoms with Crippen molar-refractivity contribution in [2.75, 3.05) is 13.2 Å². The van der Waals surface area contributed by atoms with Crippen LogP contribution in [0.15, 0.2) is 57.9 Å². The molecule has 5 nitrogen and oxygen atoms in total. The number of amides is 1. The molecule has 0 bridgehead atoms. The average molecular weight is 403 g/mol. The summed E-state index contributed by atoms with van der Waals surface area (Å²) in [7, 11) is 0. The lowest BCUT2D eigenvalue weighted by Crippen LogP contribution is -2.35. The SMILES string of the molecule is O=C(NCC1CCCO1)/C(=C\c1cccc(Br)c1)n1ccccc1=O. The summed E-state index contributed by atoms with van der Waals surface area (Å²) in [6, 6.07) is 12.4. The second-order valence-electron chi connectivity index (χ2n) is 5.84. The number of nitrogens with zero attached hydrogens (tertiary/aromatic N) is 1. The van der Waals surface area contributed by atoms with Gasteiger partial charge in [-0.3, -0.25) is 14.2 Å². The van der Waals surface area contributed by atoms with Gasteiger partial charge < -0.3 is 10.1 Å². The van der Waals surface area contributed by atoms with Crippen LogP contribution in [0.2, 0.25) is 0 Å². The van der Waals surface area contributed by atoms with Crippen molar-refractivity contribution in [3.63, 3.8) is 0 Å². The molecule has 0 aliphatic carbocycles. The van der Waals surface area contributed by atoms with Gasteiger partial charge in [-0.15, -0.1) is 0 Å². The van der Waals surface area contributed by atoms with Crippen LogP contribution < -0.4 is 10.9 Å². The van der Waals surface area contributed by atoms with Gasteiger partial charge in [0, 0.05) is 29.9 Å². The van der Waals surface area contributed by atoms with Gasteiger partial charge >= 0.3 is 0 Å². The third kappa shape index (κ3) is 4.67. The van der Waals surface area contributed by atoms with E-state index in [4.69, 9.17) is 4.74 Å². The van der Waals surface area contributed by atoms with Gasteiger partial charge in [0.2, 0.25) is 0 Å². The first-order valence-electron chi connectivity index (χ1n) is 8.18. The van der Waals surface area contributed by atoms with Crippen LogP contribution >= 0.6 is 15.9 Å². The van der Waals surface area contributed by atoms with Crippen molar-refractivity contribution in [1.29, 1.82) is 0 Å². The summed E-state index contributed by atoms with van der Waals surface area (Å²) in [5.74, 6) is -0.302. The third-order valence-corrected chi connectivity index (χ3v) is 4.47. The lowest BCUT2D eigenvalue weighted by atomic mass is 10.1. The summed E-state index contributed by atoms with van der Waals surface area (Å²) in [5, 5.41) is 2.88. The summed E-state index contributed by atoms with van der Waals surface area (Å²) in [4.78, 5) is 24.9. The zero-order valence-corrected chi connectivity index (χ0v) is 15.2. The Balaban J connectivity index is 1.90. The first kappa shape index (κ1) is 17.6. The molecule has 25 heavy (non-hydrogen) atoms. The smallest absolute Gasteiger partial charge is 0.268 e. The molecule has 0 radical (unpaired) electrons. The third-order valence-electron chi connectivity index (χ3n) is 3.98. The fourth-order valence-electron chi connectivity index (χ4n) is 2.73. The van der Waals surface area contributed by atoms with Gasteiger partial charge in [-0.25, -0.2) is 0 Å². The second kappa shape index (κ2) is 8.27. The highest BCUT2D eigenvalue weighted by Crippen LogP contribution is 2.16. The number of halogens is 1. The summed E-state index contributed by atoms with van der Waals surface area (Å²) in [5.41, 5.74) is 0.852. The van der Waals surface area contributed by atoms with Gasteiger partial charge in [0.1, 0.15) is 5.70 Å². The van der Waals surface area contributed by atoms with Gasteiger partial charge in [-0.1, -0.05) is 34.1 Å². The number of hydrogen-bond donors (Lipinski definition) is 1. The monoisotopic (exact) mass is 402 g/mol. The zero-order chi connectivity index (χ0) is 17.6. The molecule has 1 atom stereocenters. The molecule has 1 N–H and O–H groups in total. The van der Waals surface area contributed by atoms with Crippen LogP contribution in [-0.2, 0) is 9.53 Å². The Morgan fingerprint density at radius 1 is 1.32 bits per heavy atom. The van der Waals surface area contributed by atoms with Crippen molar-refractivity contribution in [3.05, 3.63) is 69.1 Å². The molecule has 1 unspecified atom stereocenters. The highest BCUT2D eigenvalue weighted by Gasteiger charge is 2.18. The molecule has 1 aromatic carbocycles. The number of benzene rings is 1. The lowest BCUT2D eigenvalue weighted by Gasteiger charge is -2.14. The maximum atomic E-state index is 12.7. The summed E-state index contributed by atoms with van der Waals surface area (Å²) in [6.07, 6.45) is 5.30. The number of rotatable bonds is 5. The second-order valence-corrected chi connectivity index (χ2v) is 6.75. The van der Waals surface area contributed by atoms with Crippen LogP contribution in [0.25, 0.3) is 11.8 Å². The summed E-state index contributed by atoms with van der Waals surface area (Å²) >= 11 is 3.42. The highest BCUT2D eigenvalue weighted by atomic mass is 79.9. The van der Waals surface area contributed by atoms with E-state index < -0.39 is 0 Å². The van der Waals surface area contributed by atoms with E-state index in [1.165, 1.54) is 10.6 Å². The Kier molecular flexibility index (Phi) is 5.83. The van der Waals surface area contributed by atoms with Gasteiger partial charge in [0.25, 0.3) is 11.5 Å². The van der Waals surface area contributed by atoms with Crippen molar-refractivity contribution in [2.24, 2.45) is 0 Å². The van der Waals surface area contributed by atoms with Crippen molar-refractivity contribution in [3.8, 4) is 0 Å². The Morgan fingerprint density at radius 2 is 2.20 bits per heavy atom. The summed E-state index contributed by atoms with van der Waals surface area (Å²) < 4.78 is 7.79. The fourth-order valence-corrected chi connectivity index (χ4v) is 3.14. The Bertz CT molecular complexity index is 838. The maximum Gasteiger partial charge on any atom is 0.268 e. The number of carbonyl (C=O) groups excluding carboxylic acids is 1. The molecule has 130 valence electrons. The Hall–Kier alpha value is -2.18. The molecule has 1 fully saturated rings. The van der Waals surface area contributed by atoms with Crippen LogP contribution in [-0.4, -0.2) is 29.7 Å². The first-order chi connectivity index (χ1) is 12.1. The van der Waals surface area contributed by atoms with Gasteiger partial charge in [-0.05, 0) is 42.7 Å². The molecule has 1 amide bonds. The van der Waals surface area contributed by atoms with E-state index in [-0.39, 0.29) is 23.3 Å². The molecule has 2 aromatic rings. The van der Waals surface area contributed by atoms with E-state index >= 15 is 0 Å². The van der Waals surface area contributed by atoms with Crippen LogP contribution in [0.3, 0.4) is 0 Å². The topological polar surface area (TPSA) is 60.3 Å². The van der Waals surface area contributed by atoms with Crippen molar-refractivity contribution in [1.82, 2.24) is 9.88 Å². The number of nitrogens with one attached hydrogen (secondary N) is 1. The minimum atomic E-state index is -0.302. The minimum absolute atomic E-state index is 0.0450. The van der Waals surface area contributed by atoms with Gasteiger partial charge in [0.15, 0.2) is 0 Å². The van der Waals surface area contributed by atoms with Crippen LogP contribution in [0.1, 0.15) is 18.4 Å². The van der Waals surface area contributed by atoms with E-state index in [0.29, 0.717) is 6.54 Å². The number of ether oxygens (including phenoxy) is 1. The number of carbonyl (C=O) groups is 1. The maximum absolute atomic E-state index is 12.7. The number of aromatic nitrogens is 1. The van der Waals surface area contributed by atoms with E-state index in [9.17, 15) is 9.59 Å². The van der Waals surface area contributed by atoms with Crippen molar-refractivity contribution in [2.45, 2.75) is 18.9 Å². The molecule has 0 saturated carbocycles. The predicted octanol–water partition coefficient (Wildman–Crippen LogP) is 2.90. The minimum Gasteiger partial charge on any atom is -0.376 e. The number of pyridine rings is 1. The Labute approximate surface area is 154 Å². The molecule has 3 rings (SSSR count). The van der Waals surface area contributed by atoms with E-state index in [1.54, 1.807) is 24.4 Å². The lowest BCUT2D eigenvalue weighted by molar-refractivity contribution is -0.116. The molecular formula is C19H19BrN2O3. The van der Waals surface area contributed by atoms with E-state index in [2.05, 4.69) is 21.2 Å². The molecule has 1 saturated heterocycles. The van der Waals surface area contributed by atoms with Crippen LogP contribution in [0, 0.1) is 0 Å². The average Bonchev–Trinajstić information content (AvgIpc) is 3.12. The molecule has 2 heterocycles. The van der Waals surface area contributed by atoms with Crippen LogP contribution in [0.4, 0.5) is 0 Å². The largest absolute Gasteiger partial charge is 0.376 e. The molecular weight excluding hydrogens is 384 g/mol. The standard InChI is InChI=1S/C19H19BrN2O3/c20-15-6-3-5-14(11-15)12-17(22-9-2-1-8-18(22)23)19(24)21-13-16-7-4-10-25-16/h1-3,5-6,8-9,11-12,16H,4,7,10,13H2,(H,21,24)/b17-12+. The normalized spacial score (nSPS) is 17.5. The molecule has 1 aliphatic heterocycles. The first-order valence-corrected chi connectivity index (χ1v) is 8.98. The quantitative estimate of drug-likeness (QED) is 0.782. The van der Waals surface area contributed by atoms with E-state index in [1.807, 2.05) is 24.3 Å². The molecule has 1 aliphatic rings. The summed E-state index contributed by atoms with van der Waals surface area (Å²) in [6.45, 7) is 1.18. The van der Waals surface area contributed by atoms with Crippen LogP contribution in [0.5, 0.6) is 0 Å². The highest BCUT2D eigenvalue weighted by molar-refractivity contribution is 9.10. The van der Waals surface area contributed by atoms with Gasteiger partial charge in [-0.2, -0.15) is 0 Å².